The molecule has 0 saturated carbocycles. The molecule has 1 aromatic heterocycles. The van der Waals surface area contributed by atoms with E-state index in [1.165, 1.54) is 0 Å². The molecule has 5 heteroatoms. The van der Waals surface area contributed by atoms with Gasteiger partial charge < -0.3 is 0 Å². The molecule has 0 atom stereocenters. The summed E-state index contributed by atoms with van der Waals surface area (Å²) >= 11 is 4.93. The van der Waals surface area contributed by atoms with Gasteiger partial charge in [0.15, 0.2) is 5.84 Å². The number of pyridine rings is 1. The normalized spacial score (nSPS) is 14.2. The summed E-state index contributed by atoms with van der Waals surface area (Å²) < 4.78 is 0. The summed E-state index contributed by atoms with van der Waals surface area (Å²) in [4.78, 5) is 8.84. The van der Waals surface area contributed by atoms with Crippen molar-refractivity contribution in [3.63, 3.8) is 0 Å². The van der Waals surface area contributed by atoms with E-state index in [9.17, 15) is 0 Å². The summed E-state index contributed by atoms with van der Waals surface area (Å²) in [6, 6.07) is 16.0. The van der Waals surface area contributed by atoms with Gasteiger partial charge in [0, 0.05) is 16.3 Å². The van der Waals surface area contributed by atoms with Crippen LogP contribution in [0.5, 0.6) is 0 Å². The minimum atomic E-state index is 0.269. The highest BCUT2D eigenvalue weighted by molar-refractivity contribution is 7.80. The number of nitrogens with zero attached hydrogens (tertiary/aromatic N) is 4. The summed E-state index contributed by atoms with van der Waals surface area (Å²) in [6.07, 6.45) is 0. The van der Waals surface area contributed by atoms with E-state index in [0.29, 0.717) is 5.84 Å². The van der Waals surface area contributed by atoms with Crippen LogP contribution >= 0.6 is 12.2 Å². The minimum Gasteiger partial charge on any atom is -0.248 e. The largest absolute Gasteiger partial charge is 0.248 e. The number of fused-ring (bicyclic) bond motifs is 2. The van der Waals surface area contributed by atoms with Gasteiger partial charge in [-0.15, -0.1) is 10.2 Å². The lowest BCUT2D eigenvalue weighted by Gasteiger charge is -2.05. The van der Waals surface area contributed by atoms with Crippen LogP contribution in [0.1, 0.15) is 5.56 Å². The first-order chi connectivity index (χ1) is 9.81. The Bertz CT molecular complexity index is 927. The highest BCUT2D eigenvalue weighted by Gasteiger charge is 2.13. The van der Waals surface area contributed by atoms with Gasteiger partial charge >= 0.3 is 0 Å². The Morgan fingerprint density at radius 3 is 2.55 bits per heavy atom. The van der Waals surface area contributed by atoms with Gasteiger partial charge in [0.25, 0.3) is 0 Å². The van der Waals surface area contributed by atoms with Gasteiger partial charge in [0.2, 0.25) is 5.11 Å². The van der Waals surface area contributed by atoms with E-state index in [0.717, 1.165) is 27.4 Å². The van der Waals surface area contributed by atoms with Crippen LogP contribution in [-0.2, 0) is 0 Å². The molecule has 94 valence electrons. The third-order valence-corrected chi connectivity index (χ3v) is 3.41. The molecule has 0 spiro atoms. The Morgan fingerprint density at radius 1 is 0.850 bits per heavy atom. The SMILES string of the molecule is S=C1N=NC(c2cccc3nc4ccccc4cc23)=N1. The zero-order valence-corrected chi connectivity index (χ0v) is 11.1. The maximum Gasteiger partial charge on any atom is 0.242 e. The summed E-state index contributed by atoms with van der Waals surface area (Å²) in [6.45, 7) is 0. The van der Waals surface area contributed by atoms with Gasteiger partial charge in [-0.1, -0.05) is 30.3 Å². The zero-order valence-electron chi connectivity index (χ0n) is 10.3. The molecule has 2 heterocycles. The molecule has 1 aliphatic heterocycles. The van der Waals surface area contributed by atoms with Crippen molar-refractivity contribution in [1.82, 2.24) is 4.98 Å². The second-order valence-corrected chi connectivity index (χ2v) is 4.84. The fraction of sp³-hybridized carbons (Fsp3) is 0. The molecule has 0 amide bonds. The van der Waals surface area contributed by atoms with Crippen LogP contribution in [0.3, 0.4) is 0 Å². The van der Waals surface area contributed by atoms with E-state index in [-0.39, 0.29) is 5.11 Å². The molecule has 0 radical (unpaired) electrons. The van der Waals surface area contributed by atoms with E-state index in [4.69, 9.17) is 12.2 Å². The number of hydrogen-bond acceptors (Lipinski definition) is 3. The highest BCUT2D eigenvalue weighted by Crippen LogP contribution is 2.24. The van der Waals surface area contributed by atoms with Crippen LogP contribution < -0.4 is 0 Å². The topological polar surface area (TPSA) is 50.0 Å². The average molecular weight is 276 g/mol. The van der Waals surface area contributed by atoms with Gasteiger partial charge in [-0.05, 0) is 30.4 Å². The quantitative estimate of drug-likeness (QED) is 0.500. The highest BCUT2D eigenvalue weighted by atomic mass is 32.1. The molecule has 0 bridgehead atoms. The average Bonchev–Trinajstić information content (AvgIpc) is 2.91. The molecular weight excluding hydrogens is 268 g/mol. The van der Waals surface area contributed by atoms with Crippen molar-refractivity contribution in [1.29, 1.82) is 0 Å². The maximum absolute atomic E-state index is 4.93. The molecule has 4 nitrogen and oxygen atoms in total. The summed E-state index contributed by atoms with van der Waals surface area (Å²) in [5, 5.41) is 10.2. The Hall–Kier alpha value is -2.53. The lowest BCUT2D eigenvalue weighted by molar-refractivity contribution is 1.40. The number of azo groups is 1. The van der Waals surface area contributed by atoms with E-state index in [2.05, 4.69) is 26.3 Å². The Labute approximate surface area is 119 Å². The number of amidine groups is 1. The number of aromatic nitrogens is 1. The molecule has 0 fully saturated rings. The monoisotopic (exact) mass is 276 g/mol. The van der Waals surface area contributed by atoms with Crippen molar-refractivity contribution in [2.75, 3.05) is 0 Å². The smallest absolute Gasteiger partial charge is 0.242 e. The predicted octanol–water partition coefficient (Wildman–Crippen LogP) is 3.89. The zero-order chi connectivity index (χ0) is 13.5. The van der Waals surface area contributed by atoms with Gasteiger partial charge in [0.1, 0.15) is 0 Å². The van der Waals surface area contributed by atoms with E-state index in [1.54, 1.807) is 0 Å². The molecule has 0 unspecified atom stereocenters. The van der Waals surface area contributed by atoms with Gasteiger partial charge in [-0.25, -0.2) is 4.98 Å². The fourth-order valence-corrected chi connectivity index (χ4v) is 2.46. The number of hydrogen-bond donors (Lipinski definition) is 0. The maximum atomic E-state index is 4.93. The van der Waals surface area contributed by atoms with Crippen LogP contribution in [0.15, 0.2) is 63.8 Å². The number of para-hydroxylation sites is 1. The summed E-state index contributed by atoms with van der Waals surface area (Å²) in [5.41, 5.74) is 2.80. The standard InChI is InChI=1S/C15H8N4S/c20-15-17-14(18-19-15)10-5-3-7-13-11(10)8-9-4-1-2-6-12(9)16-13/h1-8H. The molecule has 3 aromatic rings. The molecule has 4 rings (SSSR count). The van der Waals surface area contributed by atoms with Crippen LogP contribution in [0.25, 0.3) is 21.8 Å². The van der Waals surface area contributed by atoms with Gasteiger partial charge in [-0.3, -0.25) is 0 Å². The van der Waals surface area contributed by atoms with Crippen molar-refractivity contribution >= 4 is 45.0 Å². The Morgan fingerprint density at radius 2 is 1.70 bits per heavy atom. The first kappa shape index (κ1) is 11.3. The van der Waals surface area contributed by atoms with Gasteiger partial charge in [0.05, 0.1) is 11.0 Å². The second kappa shape index (κ2) is 4.25. The molecule has 1 aliphatic rings. The molecule has 2 aromatic carbocycles. The van der Waals surface area contributed by atoms with Crippen molar-refractivity contribution in [3.8, 4) is 0 Å². The first-order valence-electron chi connectivity index (χ1n) is 6.14. The Kier molecular flexibility index (Phi) is 2.40. The number of thiocarbonyl (C=S) groups is 1. The minimum absolute atomic E-state index is 0.269. The third kappa shape index (κ3) is 1.71. The van der Waals surface area contributed by atoms with E-state index in [1.807, 2.05) is 42.5 Å². The molecule has 20 heavy (non-hydrogen) atoms. The fourth-order valence-electron chi connectivity index (χ4n) is 2.33. The molecule has 0 N–H and O–H groups in total. The van der Waals surface area contributed by atoms with Crippen LogP contribution in [0.4, 0.5) is 0 Å². The summed E-state index contributed by atoms with van der Waals surface area (Å²) in [5.74, 6) is 0.553. The number of rotatable bonds is 1. The van der Waals surface area contributed by atoms with Crippen LogP contribution in [0.2, 0.25) is 0 Å². The predicted molar refractivity (Wildman–Crippen MR) is 83.2 cm³/mol. The third-order valence-electron chi connectivity index (χ3n) is 3.23. The van der Waals surface area contributed by atoms with E-state index < -0.39 is 0 Å². The second-order valence-electron chi connectivity index (χ2n) is 4.47. The van der Waals surface area contributed by atoms with Crippen LogP contribution in [-0.4, -0.2) is 15.9 Å². The lowest BCUT2D eigenvalue weighted by atomic mass is 10.1. The molecule has 0 aliphatic carbocycles. The van der Waals surface area contributed by atoms with Crippen molar-refractivity contribution < 1.29 is 0 Å². The Balaban J connectivity index is 2.07. The first-order valence-corrected chi connectivity index (χ1v) is 6.55. The number of aliphatic imine (C=N–C) groups is 1. The lowest BCUT2D eigenvalue weighted by Crippen LogP contribution is -1.96. The van der Waals surface area contributed by atoms with Gasteiger partial charge in [-0.2, -0.15) is 4.99 Å². The van der Waals surface area contributed by atoms with E-state index >= 15 is 0 Å². The summed E-state index contributed by atoms with van der Waals surface area (Å²) in [7, 11) is 0. The molecular formula is C15H8N4S. The van der Waals surface area contributed by atoms with Crippen molar-refractivity contribution in [3.05, 3.63) is 54.1 Å². The van der Waals surface area contributed by atoms with Crippen molar-refractivity contribution in [2.24, 2.45) is 15.2 Å². The number of benzene rings is 2. The van der Waals surface area contributed by atoms with Crippen molar-refractivity contribution in [2.45, 2.75) is 0 Å². The molecule has 0 saturated heterocycles. The van der Waals surface area contributed by atoms with Crippen LogP contribution in [0, 0.1) is 0 Å².